The highest BCUT2D eigenvalue weighted by atomic mass is 35.5. The van der Waals surface area contributed by atoms with E-state index in [0.29, 0.717) is 23.6 Å². The molecule has 0 unspecified atom stereocenters. The second kappa shape index (κ2) is 13.3. The zero-order chi connectivity index (χ0) is 26.8. The second-order valence-corrected chi connectivity index (χ2v) is 11.1. The average Bonchev–Trinajstić information content (AvgIpc) is 2.89. The van der Waals surface area contributed by atoms with E-state index in [1.807, 2.05) is 48.5 Å². The van der Waals surface area contributed by atoms with E-state index < -0.39 is 16.1 Å². The second-order valence-electron chi connectivity index (χ2n) is 8.74. The van der Waals surface area contributed by atoms with E-state index in [2.05, 4.69) is 5.32 Å². The van der Waals surface area contributed by atoms with Gasteiger partial charge in [-0.05, 0) is 41.8 Å². The van der Waals surface area contributed by atoms with Crippen LogP contribution in [0.4, 0.5) is 5.69 Å². The van der Waals surface area contributed by atoms with Crippen LogP contribution < -0.4 is 9.62 Å². The molecule has 0 aromatic heterocycles. The summed E-state index contributed by atoms with van der Waals surface area (Å²) in [6.45, 7) is 0.363. The molecule has 0 aliphatic heterocycles. The molecule has 0 spiro atoms. The number of halogens is 1. The molecule has 0 aliphatic carbocycles. The number of amides is 2. The first-order valence-electron chi connectivity index (χ1n) is 12.0. The van der Waals surface area contributed by atoms with Gasteiger partial charge in [0.2, 0.25) is 21.8 Å². The van der Waals surface area contributed by atoms with E-state index in [-0.39, 0.29) is 31.3 Å². The first-order chi connectivity index (χ1) is 17.7. The summed E-state index contributed by atoms with van der Waals surface area (Å²) < 4.78 is 26.1. The molecule has 0 bridgehead atoms. The van der Waals surface area contributed by atoms with Gasteiger partial charge in [0.1, 0.15) is 6.04 Å². The summed E-state index contributed by atoms with van der Waals surface area (Å²) in [6.07, 6.45) is 1.87. The van der Waals surface area contributed by atoms with Crippen molar-refractivity contribution in [1.29, 1.82) is 0 Å². The summed E-state index contributed by atoms with van der Waals surface area (Å²) in [5.41, 5.74) is 2.31. The van der Waals surface area contributed by atoms with Crippen LogP contribution in [0, 0.1) is 0 Å². The molecule has 0 radical (unpaired) electrons. The molecule has 1 N–H and O–H groups in total. The first kappa shape index (κ1) is 28.2. The van der Waals surface area contributed by atoms with Crippen LogP contribution in [0.1, 0.15) is 24.0 Å². The van der Waals surface area contributed by atoms with Crippen LogP contribution in [0.5, 0.6) is 0 Å². The fourth-order valence-electron chi connectivity index (χ4n) is 4.11. The Balaban J connectivity index is 1.83. The summed E-state index contributed by atoms with van der Waals surface area (Å²) in [5.74, 6) is -0.505. The van der Waals surface area contributed by atoms with Gasteiger partial charge in [-0.15, -0.1) is 0 Å². The normalized spacial score (nSPS) is 12.0. The molecule has 9 heteroatoms. The number of carbonyl (C=O) groups is 2. The Morgan fingerprint density at radius 2 is 1.49 bits per heavy atom. The molecule has 1 atom stereocenters. The number of nitrogens with zero attached hydrogens (tertiary/aromatic N) is 2. The lowest BCUT2D eigenvalue weighted by Gasteiger charge is -2.31. The van der Waals surface area contributed by atoms with Crippen LogP contribution in [0.15, 0.2) is 84.9 Å². The van der Waals surface area contributed by atoms with Crippen molar-refractivity contribution < 1.29 is 18.0 Å². The van der Waals surface area contributed by atoms with Crippen LogP contribution in [-0.2, 0) is 32.6 Å². The lowest BCUT2D eigenvalue weighted by Crippen LogP contribution is -2.49. The number of hydrogen-bond donors (Lipinski definition) is 1. The zero-order valence-electron chi connectivity index (χ0n) is 21.0. The molecule has 37 heavy (non-hydrogen) atoms. The fraction of sp³-hybridized carbons (Fsp3) is 0.286. The predicted molar refractivity (Wildman–Crippen MR) is 148 cm³/mol. The average molecular weight is 542 g/mol. The predicted octanol–water partition coefficient (Wildman–Crippen LogP) is 4.27. The van der Waals surface area contributed by atoms with Gasteiger partial charge in [0.15, 0.2) is 0 Å². The van der Waals surface area contributed by atoms with Crippen molar-refractivity contribution in [3.05, 3.63) is 101 Å². The summed E-state index contributed by atoms with van der Waals surface area (Å²) in [5, 5.41) is 3.27. The van der Waals surface area contributed by atoms with Gasteiger partial charge in [-0.25, -0.2) is 8.42 Å². The molecule has 3 aromatic carbocycles. The third kappa shape index (κ3) is 8.33. The molecule has 0 fully saturated rings. The first-order valence-corrected chi connectivity index (χ1v) is 14.2. The molecule has 7 nitrogen and oxygen atoms in total. The van der Waals surface area contributed by atoms with Gasteiger partial charge in [0.05, 0.1) is 11.9 Å². The Labute approximate surface area is 224 Å². The van der Waals surface area contributed by atoms with Crippen LogP contribution in [0.2, 0.25) is 5.02 Å². The summed E-state index contributed by atoms with van der Waals surface area (Å²) in [6, 6.07) is 24.7. The van der Waals surface area contributed by atoms with Crippen LogP contribution in [-0.4, -0.2) is 51.0 Å². The molecular formula is C28H32ClN3O4S. The number of benzene rings is 3. The van der Waals surface area contributed by atoms with Crippen molar-refractivity contribution in [3.8, 4) is 0 Å². The number of hydrogen-bond acceptors (Lipinski definition) is 4. The molecule has 0 saturated carbocycles. The molecule has 196 valence electrons. The fourth-order valence-corrected chi connectivity index (χ4v) is 5.20. The van der Waals surface area contributed by atoms with E-state index in [9.17, 15) is 18.0 Å². The Kier molecular flexibility index (Phi) is 10.1. The number of sulfonamides is 1. The van der Waals surface area contributed by atoms with Gasteiger partial charge in [-0.1, -0.05) is 72.3 Å². The van der Waals surface area contributed by atoms with Crippen molar-refractivity contribution >= 4 is 39.1 Å². The number of para-hydroxylation sites is 1. The lowest BCUT2D eigenvalue weighted by molar-refractivity contribution is -0.141. The Morgan fingerprint density at radius 1 is 0.892 bits per heavy atom. The highest BCUT2D eigenvalue weighted by molar-refractivity contribution is 7.92. The van der Waals surface area contributed by atoms with Gasteiger partial charge in [-0.2, -0.15) is 0 Å². The third-order valence-electron chi connectivity index (χ3n) is 5.98. The number of carbonyl (C=O) groups excluding carboxylic acids is 2. The van der Waals surface area contributed by atoms with Crippen molar-refractivity contribution in [1.82, 2.24) is 10.2 Å². The maximum atomic E-state index is 13.6. The van der Waals surface area contributed by atoms with E-state index in [1.165, 1.54) is 4.31 Å². The molecule has 0 saturated heterocycles. The summed E-state index contributed by atoms with van der Waals surface area (Å²) >= 11 is 6.04. The SMILES string of the molecule is CNC(=O)[C@@H](Cc1ccccc1)N(Cc1ccc(Cl)cc1)C(=O)CCCN(c1ccccc1)S(C)(=O)=O. The standard InChI is InChI=1S/C28H32ClN3O4S/c1-30-28(34)26(20-22-10-5-3-6-11-22)31(21-23-15-17-24(29)18-16-23)27(33)14-9-19-32(37(2,35)36)25-12-7-4-8-13-25/h3-8,10-13,15-18,26H,9,14,19-21H2,1-2H3,(H,30,34)/t26-/m1/s1. The van der Waals surface area contributed by atoms with Gasteiger partial charge < -0.3 is 10.2 Å². The minimum Gasteiger partial charge on any atom is -0.357 e. The number of likely N-dealkylation sites (N-methyl/N-ethyl adjacent to an activating group) is 1. The molecule has 2 amide bonds. The van der Waals surface area contributed by atoms with Crippen LogP contribution >= 0.6 is 11.6 Å². The number of anilines is 1. The highest BCUT2D eigenvalue weighted by Crippen LogP contribution is 2.20. The summed E-state index contributed by atoms with van der Waals surface area (Å²) in [7, 11) is -1.98. The highest BCUT2D eigenvalue weighted by Gasteiger charge is 2.30. The topological polar surface area (TPSA) is 86.8 Å². The van der Waals surface area contributed by atoms with E-state index in [1.54, 1.807) is 48.3 Å². The van der Waals surface area contributed by atoms with E-state index in [0.717, 1.165) is 17.4 Å². The molecule has 3 rings (SSSR count). The van der Waals surface area contributed by atoms with E-state index in [4.69, 9.17) is 11.6 Å². The van der Waals surface area contributed by atoms with Gasteiger partial charge in [0.25, 0.3) is 0 Å². The van der Waals surface area contributed by atoms with Crippen molar-refractivity contribution in [2.24, 2.45) is 0 Å². The molecule has 0 heterocycles. The molecule has 0 aliphatic rings. The Bertz CT molecular complexity index is 1270. The molecule has 3 aromatic rings. The van der Waals surface area contributed by atoms with E-state index >= 15 is 0 Å². The zero-order valence-corrected chi connectivity index (χ0v) is 22.6. The minimum atomic E-state index is -3.53. The monoisotopic (exact) mass is 541 g/mol. The van der Waals surface area contributed by atoms with Crippen molar-refractivity contribution in [3.63, 3.8) is 0 Å². The number of rotatable bonds is 12. The third-order valence-corrected chi connectivity index (χ3v) is 7.43. The Morgan fingerprint density at radius 3 is 2.05 bits per heavy atom. The van der Waals surface area contributed by atoms with Gasteiger partial charge >= 0.3 is 0 Å². The smallest absolute Gasteiger partial charge is 0.242 e. The van der Waals surface area contributed by atoms with Crippen LogP contribution in [0.3, 0.4) is 0 Å². The maximum Gasteiger partial charge on any atom is 0.242 e. The number of nitrogens with one attached hydrogen (secondary N) is 1. The quantitative estimate of drug-likeness (QED) is 0.371. The van der Waals surface area contributed by atoms with Crippen molar-refractivity contribution in [2.45, 2.75) is 31.8 Å². The van der Waals surface area contributed by atoms with Crippen LogP contribution in [0.25, 0.3) is 0 Å². The van der Waals surface area contributed by atoms with Crippen molar-refractivity contribution in [2.75, 3.05) is 24.2 Å². The summed E-state index contributed by atoms with van der Waals surface area (Å²) in [4.78, 5) is 28.1. The lowest BCUT2D eigenvalue weighted by atomic mass is 10.0. The largest absolute Gasteiger partial charge is 0.357 e. The maximum absolute atomic E-state index is 13.6. The minimum absolute atomic E-state index is 0.0781. The van der Waals surface area contributed by atoms with Gasteiger partial charge in [0, 0.05) is 38.0 Å². The molecular weight excluding hydrogens is 510 g/mol. The Hall–Kier alpha value is -3.36. The van der Waals surface area contributed by atoms with Gasteiger partial charge in [-0.3, -0.25) is 13.9 Å².